The molecule has 6 nitrogen and oxygen atoms in total. The molecule has 2 atom stereocenters. The molecule has 1 aromatic rings. The second kappa shape index (κ2) is 8.89. The summed E-state index contributed by atoms with van der Waals surface area (Å²) in [6.07, 6.45) is 6.19. The van der Waals surface area contributed by atoms with E-state index < -0.39 is 11.8 Å². The lowest BCUT2D eigenvalue weighted by atomic mass is 10.0. The lowest BCUT2D eigenvalue weighted by Crippen LogP contribution is -2.25. The van der Waals surface area contributed by atoms with Gasteiger partial charge in [-0.25, -0.2) is 0 Å². The number of rotatable bonds is 6. The third kappa shape index (κ3) is 4.78. The van der Waals surface area contributed by atoms with Crippen molar-refractivity contribution in [2.45, 2.75) is 24.9 Å². The van der Waals surface area contributed by atoms with Gasteiger partial charge in [0.15, 0.2) is 0 Å². The standard InChI is InChI=1S/C18H20I2N4O2/c21-17(25)13-9-15(23-11-1-5-19-6-2-11)16(10-14(13)18(22)26)24-12-3-7-20-8-4-12/h1,3,5-12,23-24H,2,4H2,(H2,21,25)(H2,22,26). The first-order valence-corrected chi connectivity index (χ1v) is 13.0. The molecule has 6 N–H and O–H groups in total. The van der Waals surface area contributed by atoms with Crippen LogP contribution in [0.2, 0.25) is 0 Å². The third-order valence-electron chi connectivity index (χ3n) is 3.99. The number of primary amides is 2. The highest BCUT2D eigenvalue weighted by Gasteiger charge is 2.20. The predicted molar refractivity (Wildman–Crippen MR) is 126 cm³/mol. The molecule has 0 bridgehead atoms. The highest BCUT2D eigenvalue weighted by molar-refractivity contribution is 14.2. The maximum Gasteiger partial charge on any atom is 0.249 e. The zero-order valence-electron chi connectivity index (χ0n) is 13.9. The summed E-state index contributed by atoms with van der Waals surface area (Å²) in [5, 5.41) is 6.90. The van der Waals surface area contributed by atoms with Gasteiger partial charge in [0.05, 0.1) is 22.5 Å². The summed E-state index contributed by atoms with van der Waals surface area (Å²) in [6, 6.07) is 3.57. The van der Waals surface area contributed by atoms with Crippen LogP contribution in [0.25, 0.3) is 0 Å². The van der Waals surface area contributed by atoms with E-state index in [9.17, 15) is 9.59 Å². The van der Waals surface area contributed by atoms with Gasteiger partial charge in [-0.3, -0.25) is 9.59 Å². The first kappa shape index (κ1) is 19.2. The molecule has 0 aliphatic carbocycles. The van der Waals surface area contributed by atoms with E-state index in [4.69, 9.17) is 11.5 Å². The van der Waals surface area contributed by atoms with E-state index in [1.165, 1.54) is 0 Å². The van der Waals surface area contributed by atoms with Crippen LogP contribution in [0.5, 0.6) is 0 Å². The Morgan fingerprint density at radius 2 is 1.27 bits per heavy atom. The normalized spacial score (nSPS) is 21.4. The minimum absolute atomic E-state index is 0.0510. The van der Waals surface area contributed by atoms with Crippen LogP contribution in [0, 0.1) is 0 Å². The predicted octanol–water partition coefficient (Wildman–Crippen LogP) is 2.83. The number of carbonyl (C=O) groups excluding carboxylic acids is 2. The molecule has 8 heteroatoms. The molecule has 2 amide bonds. The number of benzene rings is 1. The molecule has 1 aromatic carbocycles. The molecule has 0 spiro atoms. The largest absolute Gasteiger partial charge is 0.377 e. The Morgan fingerprint density at radius 1 is 0.846 bits per heavy atom. The van der Waals surface area contributed by atoms with Crippen LogP contribution in [0.1, 0.15) is 33.6 Å². The number of anilines is 2. The molecule has 26 heavy (non-hydrogen) atoms. The molecule has 0 saturated carbocycles. The number of carbonyl (C=O) groups is 2. The Labute approximate surface area is 172 Å². The summed E-state index contributed by atoms with van der Waals surface area (Å²) < 4.78 is 9.03. The molecule has 2 heterocycles. The van der Waals surface area contributed by atoms with Gasteiger partial charge in [-0.05, 0) is 41.2 Å². The number of amides is 2. The molecular formula is C18H20I2N4O2. The quantitative estimate of drug-likeness (QED) is 0.390. The number of hydrogen-bond acceptors (Lipinski definition) is 4. The van der Waals surface area contributed by atoms with Crippen molar-refractivity contribution in [2.24, 2.45) is 11.5 Å². The Morgan fingerprint density at radius 3 is 1.58 bits per heavy atom. The van der Waals surface area contributed by atoms with Gasteiger partial charge < -0.3 is 22.1 Å². The van der Waals surface area contributed by atoms with E-state index in [-0.39, 0.29) is 64.7 Å². The maximum atomic E-state index is 11.8. The van der Waals surface area contributed by atoms with E-state index in [1.54, 1.807) is 12.1 Å². The van der Waals surface area contributed by atoms with Crippen LogP contribution in [-0.4, -0.2) is 31.9 Å². The lowest BCUT2D eigenvalue weighted by Gasteiger charge is -2.24. The first-order chi connectivity index (χ1) is 12.5. The van der Waals surface area contributed by atoms with Crippen molar-refractivity contribution in [3.63, 3.8) is 0 Å². The number of nitrogens with two attached hydrogens (primary N) is 2. The average Bonchev–Trinajstić information content (AvgIpc) is 2.64. The fraction of sp³-hybridized carbons (Fsp3) is 0.222. The van der Waals surface area contributed by atoms with Crippen LogP contribution in [0.4, 0.5) is 11.4 Å². The molecule has 2 aliphatic rings. The topological polar surface area (TPSA) is 110 Å². The van der Waals surface area contributed by atoms with Gasteiger partial charge >= 0.3 is 0 Å². The van der Waals surface area contributed by atoms with Crippen molar-refractivity contribution in [3.8, 4) is 0 Å². The van der Waals surface area contributed by atoms with Crippen LogP contribution in [0.3, 0.4) is 0 Å². The fourth-order valence-corrected chi connectivity index (χ4v) is 6.43. The average molecular weight is 578 g/mol. The van der Waals surface area contributed by atoms with Crippen molar-refractivity contribution in [1.29, 1.82) is 0 Å². The van der Waals surface area contributed by atoms with Gasteiger partial charge in [-0.2, -0.15) is 0 Å². The van der Waals surface area contributed by atoms with E-state index in [0.29, 0.717) is 0 Å². The van der Waals surface area contributed by atoms with E-state index in [2.05, 4.69) is 39.0 Å². The summed E-state index contributed by atoms with van der Waals surface area (Å²) in [7, 11) is 0. The molecule has 0 radical (unpaired) electrons. The number of nitrogens with one attached hydrogen (secondary N) is 2. The molecule has 2 unspecified atom stereocenters. The van der Waals surface area contributed by atoms with Crippen molar-refractivity contribution in [3.05, 3.63) is 43.6 Å². The summed E-state index contributed by atoms with van der Waals surface area (Å²) in [5.74, 6) is -1.33. The van der Waals surface area contributed by atoms with Crippen LogP contribution in [0.15, 0.2) is 32.5 Å². The van der Waals surface area contributed by atoms with E-state index in [1.807, 2.05) is 0 Å². The Bertz CT molecular complexity index is 777. The van der Waals surface area contributed by atoms with Gasteiger partial charge in [0, 0.05) is 12.1 Å². The molecule has 0 saturated heterocycles. The molecule has 0 aromatic heterocycles. The summed E-state index contributed by atoms with van der Waals surface area (Å²) in [4.78, 5) is 23.6. The van der Waals surface area contributed by atoms with Gasteiger partial charge in [0.1, 0.15) is 0 Å². The van der Waals surface area contributed by atoms with Gasteiger partial charge in [0.2, 0.25) is 11.8 Å². The smallest absolute Gasteiger partial charge is 0.249 e. The third-order valence-corrected chi connectivity index (χ3v) is 7.69. The summed E-state index contributed by atoms with van der Waals surface area (Å²) in [5.41, 5.74) is 12.7. The minimum Gasteiger partial charge on any atom is -0.377 e. The zero-order valence-corrected chi connectivity index (χ0v) is 18.2. The van der Waals surface area contributed by atoms with Crippen molar-refractivity contribution < 1.29 is 9.59 Å². The summed E-state index contributed by atoms with van der Waals surface area (Å²) in [6.45, 7) is 0. The van der Waals surface area contributed by atoms with Gasteiger partial charge in [0.25, 0.3) is 0 Å². The Balaban J connectivity index is 1.98. The first-order valence-electron chi connectivity index (χ1n) is 8.06. The second-order valence-electron chi connectivity index (χ2n) is 5.84. The second-order valence-corrected chi connectivity index (χ2v) is 10.5. The Hall–Kier alpha value is -1.56. The van der Waals surface area contributed by atoms with E-state index >= 15 is 0 Å². The van der Waals surface area contributed by atoms with Crippen LogP contribution >= 0.6 is 41.5 Å². The van der Waals surface area contributed by atoms with Gasteiger partial charge in [-0.15, -0.1) is 0 Å². The van der Waals surface area contributed by atoms with Crippen molar-refractivity contribution >= 4 is 72.7 Å². The monoisotopic (exact) mass is 578 g/mol. The molecule has 0 fully saturated rings. The van der Waals surface area contributed by atoms with Crippen molar-refractivity contribution in [2.75, 3.05) is 10.6 Å². The minimum atomic E-state index is -0.666. The highest BCUT2D eigenvalue weighted by Crippen LogP contribution is 2.30. The molecule has 138 valence electrons. The number of hydrogen-bond donors (Lipinski definition) is 4. The fourth-order valence-electron chi connectivity index (χ4n) is 2.67. The molecule has 3 rings (SSSR count). The van der Waals surface area contributed by atoms with Crippen molar-refractivity contribution in [1.82, 2.24) is 0 Å². The number of halogens is 2. The van der Waals surface area contributed by atoms with Gasteiger partial charge in [-0.1, -0.05) is 53.6 Å². The zero-order chi connectivity index (χ0) is 18.5. The van der Waals surface area contributed by atoms with E-state index in [0.717, 1.165) is 24.2 Å². The maximum absolute atomic E-state index is 11.8. The SMILES string of the molecule is NC(=O)c1cc(NC2C=CI=CC2)c(NC2C=CI=CC2)cc1C(N)=O. The van der Waals surface area contributed by atoms with Crippen LogP contribution < -0.4 is 22.1 Å². The highest BCUT2D eigenvalue weighted by atomic mass is 127. The molecular weight excluding hydrogens is 558 g/mol. The lowest BCUT2D eigenvalue weighted by molar-refractivity contribution is 0.0967. The summed E-state index contributed by atoms with van der Waals surface area (Å²) >= 11 is 0.102. The van der Waals surface area contributed by atoms with Crippen LogP contribution in [-0.2, 0) is 0 Å². The Kier molecular flexibility index (Phi) is 6.57. The molecule has 2 aliphatic heterocycles.